The lowest BCUT2D eigenvalue weighted by molar-refractivity contribution is -0.184. The Hall–Kier alpha value is -0.260. The number of carbonyl (C=O) groups excluding carboxylic acids is 1. The Bertz CT molecular complexity index is 322. The van der Waals surface area contributed by atoms with Gasteiger partial charge in [0.05, 0.1) is 5.92 Å². The van der Waals surface area contributed by atoms with E-state index in [4.69, 9.17) is 0 Å². The van der Waals surface area contributed by atoms with Crippen molar-refractivity contribution in [1.82, 2.24) is 5.32 Å². The Balaban J connectivity index is 1.70. The molecule has 19 heavy (non-hydrogen) atoms. The molecular formula is C13H19BrF3NO. The normalized spacial score (nSPS) is 29.9. The SMILES string of the molecule is O=C(NCC(Br)C1CC1)C1CCC(C(F)(F)F)CC1. The predicted molar refractivity (Wildman–Crippen MR) is 70.0 cm³/mol. The third kappa shape index (κ3) is 4.36. The molecule has 110 valence electrons. The minimum Gasteiger partial charge on any atom is -0.355 e. The van der Waals surface area contributed by atoms with Crippen molar-refractivity contribution < 1.29 is 18.0 Å². The van der Waals surface area contributed by atoms with E-state index in [0.29, 0.717) is 30.1 Å². The molecule has 0 spiro atoms. The maximum absolute atomic E-state index is 12.5. The van der Waals surface area contributed by atoms with Crippen LogP contribution in [0.1, 0.15) is 38.5 Å². The number of alkyl halides is 4. The van der Waals surface area contributed by atoms with Gasteiger partial charge in [-0.05, 0) is 44.4 Å². The first-order valence-electron chi connectivity index (χ1n) is 6.86. The van der Waals surface area contributed by atoms with Gasteiger partial charge in [0.25, 0.3) is 0 Å². The Morgan fingerprint density at radius 2 is 1.74 bits per heavy atom. The van der Waals surface area contributed by atoms with Gasteiger partial charge in [-0.1, -0.05) is 15.9 Å². The number of amides is 1. The molecule has 0 bridgehead atoms. The predicted octanol–water partition coefficient (Wildman–Crippen LogP) is 3.64. The van der Waals surface area contributed by atoms with Crippen LogP contribution >= 0.6 is 15.9 Å². The number of rotatable bonds is 4. The summed E-state index contributed by atoms with van der Waals surface area (Å²) in [6.45, 7) is 0.586. The van der Waals surface area contributed by atoms with Gasteiger partial charge in [0.2, 0.25) is 5.91 Å². The van der Waals surface area contributed by atoms with Gasteiger partial charge in [-0.25, -0.2) is 0 Å². The number of halogens is 4. The van der Waals surface area contributed by atoms with Crippen LogP contribution in [0.4, 0.5) is 13.2 Å². The van der Waals surface area contributed by atoms with E-state index in [1.165, 1.54) is 12.8 Å². The van der Waals surface area contributed by atoms with Crippen molar-refractivity contribution in [2.45, 2.75) is 49.5 Å². The van der Waals surface area contributed by atoms with E-state index in [1.807, 2.05) is 0 Å². The molecule has 0 aliphatic heterocycles. The molecular weight excluding hydrogens is 323 g/mol. The average Bonchev–Trinajstić information content (AvgIpc) is 3.19. The molecule has 0 radical (unpaired) electrons. The molecule has 2 aliphatic carbocycles. The Morgan fingerprint density at radius 3 is 2.21 bits per heavy atom. The first-order chi connectivity index (χ1) is 8.88. The summed E-state index contributed by atoms with van der Waals surface area (Å²) >= 11 is 3.53. The molecule has 0 saturated heterocycles. The summed E-state index contributed by atoms with van der Waals surface area (Å²) in [5.41, 5.74) is 0. The highest BCUT2D eigenvalue weighted by molar-refractivity contribution is 9.09. The van der Waals surface area contributed by atoms with Gasteiger partial charge >= 0.3 is 6.18 Å². The van der Waals surface area contributed by atoms with E-state index in [0.717, 1.165) is 0 Å². The molecule has 2 rings (SSSR count). The fraction of sp³-hybridized carbons (Fsp3) is 0.923. The van der Waals surface area contributed by atoms with Crippen molar-refractivity contribution >= 4 is 21.8 Å². The van der Waals surface area contributed by atoms with Gasteiger partial charge in [-0.2, -0.15) is 13.2 Å². The van der Waals surface area contributed by atoms with Crippen molar-refractivity contribution in [3.63, 3.8) is 0 Å². The average molecular weight is 342 g/mol. The summed E-state index contributed by atoms with van der Waals surface area (Å²) in [6.07, 6.45) is -0.831. The highest BCUT2D eigenvalue weighted by atomic mass is 79.9. The number of carbonyl (C=O) groups is 1. The zero-order valence-corrected chi connectivity index (χ0v) is 12.3. The van der Waals surface area contributed by atoms with Crippen LogP contribution in [0.3, 0.4) is 0 Å². The maximum Gasteiger partial charge on any atom is 0.391 e. The van der Waals surface area contributed by atoms with E-state index < -0.39 is 12.1 Å². The summed E-state index contributed by atoms with van der Waals surface area (Å²) in [5.74, 6) is -0.878. The van der Waals surface area contributed by atoms with E-state index in [-0.39, 0.29) is 24.7 Å². The van der Waals surface area contributed by atoms with Gasteiger partial charge in [-0.3, -0.25) is 4.79 Å². The van der Waals surface area contributed by atoms with Crippen LogP contribution < -0.4 is 5.32 Å². The topological polar surface area (TPSA) is 29.1 Å². The number of hydrogen-bond acceptors (Lipinski definition) is 1. The highest BCUT2D eigenvalue weighted by Gasteiger charge is 2.42. The Labute approximate surface area is 119 Å². The van der Waals surface area contributed by atoms with Crippen LogP contribution in [-0.4, -0.2) is 23.5 Å². The fourth-order valence-electron chi connectivity index (χ4n) is 2.65. The van der Waals surface area contributed by atoms with Crippen LogP contribution in [0, 0.1) is 17.8 Å². The van der Waals surface area contributed by atoms with Crippen molar-refractivity contribution in [3.8, 4) is 0 Å². The van der Waals surface area contributed by atoms with Gasteiger partial charge < -0.3 is 5.32 Å². The largest absolute Gasteiger partial charge is 0.391 e. The van der Waals surface area contributed by atoms with Crippen molar-refractivity contribution in [3.05, 3.63) is 0 Å². The van der Waals surface area contributed by atoms with Crippen LogP contribution in [-0.2, 0) is 4.79 Å². The number of nitrogens with one attached hydrogen (secondary N) is 1. The molecule has 0 aromatic heterocycles. The summed E-state index contributed by atoms with van der Waals surface area (Å²) < 4.78 is 37.5. The molecule has 0 heterocycles. The molecule has 1 N–H and O–H groups in total. The third-order valence-electron chi connectivity index (χ3n) is 4.17. The molecule has 1 unspecified atom stereocenters. The highest BCUT2D eigenvalue weighted by Crippen LogP contribution is 2.39. The molecule has 2 fully saturated rings. The summed E-state index contributed by atoms with van der Waals surface area (Å²) in [6, 6.07) is 0. The van der Waals surface area contributed by atoms with E-state index in [2.05, 4.69) is 21.2 Å². The molecule has 1 atom stereocenters. The van der Waals surface area contributed by atoms with Gasteiger partial charge in [0, 0.05) is 17.3 Å². The second kappa shape index (κ2) is 6.02. The first-order valence-corrected chi connectivity index (χ1v) is 7.78. The zero-order valence-electron chi connectivity index (χ0n) is 10.7. The maximum atomic E-state index is 12.5. The second-order valence-electron chi connectivity index (χ2n) is 5.69. The standard InChI is InChI=1S/C13H19BrF3NO/c14-11(8-1-2-8)7-18-12(19)9-3-5-10(6-4-9)13(15,16)17/h8-11H,1-7H2,(H,18,19). The minimum atomic E-state index is -4.10. The van der Waals surface area contributed by atoms with Crippen LogP contribution in [0.15, 0.2) is 0 Å². The monoisotopic (exact) mass is 341 g/mol. The van der Waals surface area contributed by atoms with E-state index >= 15 is 0 Å². The fourth-order valence-corrected chi connectivity index (χ4v) is 3.34. The smallest absolute Gasteiger partial charge is 0.355 e. The minimum absolute atomic E-state index is 0.0780. The lowest BCUT2D eigenvalue weighted by Gasteiger charge is -2.29. The molecule has 2 aliphatic rings. The van der Waals surface area contributed by atoms with Crippen LogP contribution in [0.5, 0.6) is 0 Å². The van der Waals surface area contributed by atoms with Gasteiger partial charge in [-0.15, -0.1) is 0 Å². The van der Waals surface area contributed by atoms with Crippen LogP contribution in [0.25, 0.3) is 0 Å². The van der Waals surface area contributed by atoms with Gasteiger partial charge in [0.15, 0.2) is 0 Å². The molecule has 0 aromatic carbocycles. The lowest BCUT2D eigenvalue weighted by atomic mass is 9.81. The molecule has 2 nitrogen and oxygen atoms in total. The zero-order chi connectivity index (χ0) is 14.0. The molecule has 2 saturated carbocycles. The molecule has 1 amide bonds. The van der Waals surface area contributed by atoms with E-state index in [1.54, 1.807) is 0 Å². The van der Waals surface area contributed by atoms with Crippen molar-refractivity contribution in [2.24, 2.45) is 17.8 Å². The quantitative estimate of drug-likeness (QED) is 0.777. The lowest BCUT2D eigenvalue weighted by Crippen LogP contribution is -2.38. The summed E-state index contributed by atoms with van der Waals surface area (Å²) in [7, 11) is 0. The summed E-state index contributed by atoms with van der Waals surface area (Å²) in [5, 5.41) is 2.86. The number of hydrogen-bond donors (Lipinski definition) is 1. The van der Waals surface area contributed by atoms with Crippen molar-refractivity contribution in [1.29, 1.82) is 0 Å². The second-order valence-corrected chi connectivity index (χ2v) is 6.86. The third-order valence-corrected chi connectivity index (χ3v) is 5.24. The van der Waals surface area contributed by atoms with Crippen LogP contribution in [0.2, 0.25) is 0 Å². The van der Waals surface area contributed by atoms with Gasteiger partial charge in [0.1, 0.15) is 0 Å². The van der Waals surface area contributed by atoms with Crippen molar-refractivity contribution in [2.75, 3.05) is 6.54 Å². The molecule has 6 heteroatoms. The summed E-state index contributed by atoms with van der Waals surface area (Å²) in [4.78, 5) is 12.2. The Morgan fingerprint density at radius 1 is 1.16 bits per heavy atom. The first kappa shape index (κ1) is 15.1. The molecule has 0 aromatic rings. The van der Waals surface area contributed by atoms with E-state index in [9.17, 15) is 18.0 Å². The Kier molecular flexibility index (Phi) is 4.79.